The lowest BCUT2D eigenvalue weighted by Crippen LogP contribution is -2.02. The Morgan fingerprint density at radius 3 is 2.95 bits per heavy atom. The van der Waals surface area contributed by atoms with Gasteiger partial charge in [-0.1, -0.05) is 0 Å². The Balaban J connectivity index is 2.10. The molecule has 3 rings (SSSR count). The lowest BCUT2D eigenvalue weighted by molar-refractivity contribution is 0.415. The maximum atomic E-state index is 5.98. The summed E-state index contributed by atoms with van der Waals surface area (Å²) < 4.78 is 12.4. The molecule has 5 heteroatoms. The standard InChI is InChI=1S/C14H13ClN2O2/c1-18-11-2-3-13-12(6-11)16-14(7-15)17(13)8-10-4-5-19-9-10/h2-6,9H,7-8H2,1H3. The molecule has 0 saturated carbocycles. The Bertz CT molecular complexity index is 689. The molecule has 0 N–H and O–H groups in total. The fourth-order valence-corrected chi connectivity index (χ4v) is 2.33. The van der Waals surface area contributed by atoms with Crippen molar-refractivity contribution in [2.24, 2.45) is 0 Å². The van der Waals surface area contributed by atoms with Crippen molar-refractivity contribution in [3.05, 3.63) is 48.2 Å². The van der Waals surface area contributed by atoms with E-state index in [1.165, 1.54) is 0 Å². The van der Waals surface area contributed by atoms with Crippen LogP contribution in [0, 0.1) is 0 Å². The number of furan rings is 1. The highest BCUT2D eigenvalue weighted by Gasteiger charge is 2.11. The zero-order valence-corrected chi connectivity index (χ0v) is 11.2. The molecule has 0 bridgehead atoms. The van der Waals surface area contributed by atoms with Gasteiger partial charge in [0.15, 0.2) is 0 Å². The fraction of sp³-hybridized carbons (Fsp3) is 0.214. The lowest BCUT2D eigenvalue weighted by atomic mass is 10.3. The van der Waals surface area contributed by atoms with Gasteiger partial charge in [0.25, 0.3) is 0 Å². The van der Waals surface area contributed by atoms with Gasteiger partial charge in [0.2, 0.25) is 0 Å². The van der Waals surface area contributed by atoms with Gasteiger partial charge in [-0.25, -0.2) is 4.98 Å². The molecule has 0 radical (unpaired) electrons. The van der Waals surface area contributed by atoms with Crippen molar-refractivity contribution in [2.45, 2.75) is 12.4 Å². The second-order valence-electron chi connectivity index (χ2n) is 4.23. The minimum Gasteiger partial charge on any atom is -0.497 e. The first-order chi connectivity index (χ1) is 9.31. The fourth-order valence-electron chi connectivity index (χ4n) is 2.13. The van der Waals surface area contributed by atoms with Crippen LogP contribution in [-0.4, -0.2) is 16.7 Å². The summed E-state index contributed by atoms with van der Waals surface area (Å²) in [6, 6.07) is 7.77. The van der Waals surface area contributed by atoms with E-state index in [2.05, 4.69) is 9.55 Å². The Morgan fingerprint density at radius 1 is 1.37 bits per heavy atom. The number of ether oxygens (including phenoxy) is 1. The van der Waals surface area contributed by atoms with Crippen molar-refractivity contribution in [3.63, 3.8) is 0 Å². The molecule has 19 heavy (non-hydrogen) atoms. The molecule has 0 atom stereocenters. The van der Waals surface area contributed by atoms with Crippen molar-refractivity contribution >= 4 is 22.6 Å². The van der Waals surface area contributed by atoms with Crippen LogP contribution in [0.5, 0.6) is 5.75 Å². The predicted octanol–water partition coefficient (Wildman–Crippen LogP) is 3.43. The minimum atomic E-state index is 0.370. The Morgan fingerprint density at radius 2 is 2.26 bits per heavy atom. The van der Waals surface area contributed by atoms with Crippen molar-refractivity contribution < 1.29 is 9.15 Å². The van der Waals surface area contributed by atoms with E-state index in [9.17, 15) is 0 Å². The van der Waals surface area contributed by atoms with Gasteiger partial charge < -0.3 is 13.7 Å². The molecular formula is C14H13ClN2O2. The van der Waals surface area contributed by atoms with Crippen molar-refractivity contribution in [1.82, 2.24) is 9.55 Å². The molecule has 3 aromatic rings. The van der Waals surface area contributed by atoms with Crippen LogP contribution in [-0.2, 0) is 12.4 Å². The molecule has 0 aliphatic rings. The van der Waals surface area contributed by atoms with Crippen LogP contribution in [0.15, 0.2) is 41.2 Å². The maximum absolute atomic E-state index is 5.98. The Kier molecular flexibility index (Phi) is 3.17. The number of nitrogens with zero attached hydrogens (tertiary/aromatic N) is 2. The van der Waals surface area contributed by atoms with Crippen molar-refractivity contribution in [1.29, 1.82) is 0 Å². The second kappa shape index (κ2) is 4.97. The normalized spacial score (nSPS) is 11.1. The van der Waals surface area contributed by atoms with E-state index < -0.39 is 0 Å². The number of methoxy groups -OCH3 is 1. The topological polar surface area (TPSA) is 40.2 Å². The molecular weight excluding hydrogens is 264 g/mol. The number of halogens is 1. The number of imidazole rings is 1. The largest absolute Gasteiger partial charge is 0.497 e. The molecule has 1 aromatic carbocycles. The van der Waals surface area contributed by atoms with Gasteiger partial charge in [-0.2, -0.15) is 0 Å². The molecule has 2 heterocycles. The summed E-state index contributed by atoms with van der Waals surface area (Å²) in [5.74, 6) is 2.00. The number of hydrogen-bond donors (Lipinski definition) is 0. The van der Waals surface area contributed by atoms with Gasteiger partial charge in [-0.15, -0.1) is 11.6 Å². The highest BCUT2D eigenvalue weighted by Crippen LogP contribution is 2.23. The van der Waals surface area contributed by atoms with E-state index in [0.29, 0.717) is 12.4 Å². The Hall–Kier alpha value is -1.94. The number of benzene rings is 1. The SMILES string of the molecule is COc1ccc2c(c1)nc(CCl)n2Cc1ccoc1. The molecule has 4 nitrogen and oxygen atoms in total. The minimum absolute atomic E-state index is 0.370. The van der Waals surface area contributed by atoms with E-state index in [0.717, 1.165) is 28.2 Å². The van der Waals surface area contributed by atoms with Crippen molar-refractivity contribution in [3.8, 4) is 5.75 Å². The molecule has 98 valence electrons. The van der Waals surface area contributed by atoms with Gasteiger partial charge >= 0.3 is 0 Å². The van der Waals surface area contributed by atoms with E-state index in [-0.39, 0.29) is 0 Å². The summed E-state index contributed by atoms with van der Waals surface area (Å²) in [6.07, 6.45) is 3.39. The average molecular weight is 277 g/mol. The van der Waals surface area contributed by atoms with E-state index >= 15 is 0 Å². The van der Waals surface area contributed by atoms with Crippen LogP contribution in [0.1, 0.15) is 11.4 Å². The molecule has 0 aliphatic carbocycles. The molecule has 0 aliphatic heterocycles. The van der Waals surface area contributed by atoms with Gasteiger partial charge in [-0.05, 0) is 18.2 Å². The first-order valence-corrected chi connectivity index (χ1v) is 6.45. The summed E-state index contributed by atoms with van der Waals surface area (Å²) in [6.45, 7) is 0.696. The summed E-state index contributed by atoms with van der Waals surface area (Å²) in [5.41, 5.74) is 3.01. The zero-order valence-electron chi connectivity index (χ0n) is 10.5. The number of fused-ring (bicyclic) bond motifs is 1. The number of hydrogen-bond acceptors (Lipinski definition) is 3. The number of aromatic nitrogens is 2. The molecule has 2 aromatic heterocycles. The number of rotatable bonds is 4. The molecule has 0 saturated heterocycles. The van der Waals surface area contributed by atoms with E-state index in [1.807, 2.05) is 24.3 Å². The van der Waals surface area contributed by atoms with Crippen LogP contribution in [0.2, 0.25) is 0 Å². The van der Waals surface area contributed by atoms with Crippen LogP contribution in [0.4, 0.5) is 0 Å². The summed E-state index contributed by atoms with van der Waals surface area (Å²) in [4.78, 5) is 4.54. The third-order valence-electron chi connectivity index (χ3n) is 3.07. The third kappa shape index (κ3) is 2.19. The zero-order chi connectivity index (χ0) is 13.2. The van der Waals surface area contributed by atoms with E-state index in [4.69, 9.17) is 20.8 Å². The van der Waals surface area contributed by atoms with Gasteiger partial charge in [0, 0.05) is 11.6 Å². The quantitative estimate of drug-likeness (QED) is 0.686. The molecule has 0 spiro atoms. The first kappa shape index (κ1) is 12.1. The summed E-state index contributed by atoms with van der Waals surface area (Å²) >= 11 is 5.98. The van der Waals surface area contributed by atoms with Crippen LogP contribution < -0.4 is 4.74 Å². The summed E-state index contributed by atoms with van der Waals surface area (Å²) in [5, 5.41) is 0. The van der Waals surface area contributed by atoms with Gasteiger partial charge in [0.1, 0.15) is 11.6 Å². The maximum Gasteiger partial charge on any atom is 0.125 e. The average Bonchev–Trinajstić information content (AvgIpc) is 3.06. The third-order valence-corrected chi connectivity index (χ3v) is 3.31. The van der Waals surface area contributed by atoms with Gasteiger partial charge in [0.05, 0.1) is 43.1 Å². The highest BCUT2D eigenvalue weighted by atomic mass is 35.5. The highest BCUT2D eigenvalue weighted by molar-refractivity contribution is 6.16. The lowest BCUT2D eigenvalue weighted by Gasteiger charge is -2.06. The second-order valence-corrected chi connectivity index (χ2v) is 4.50. The van der Waals surface area contributed by atoms with Crippen LogP contribution in [0.25, 0.3) is 11.0 Å². The predicted molar refractivity (Wildman–Crippen MR) is 73.7 cm³/mol. The monoisotopic (exact) mass is 276 g/mol. The molecule has 0 fully saturated rings. The smallest absolute Gasteiger partial charge is 0.125 e. The van der Waals surface area contributed by atoms with Crippen LogP contribution >= 0.6 is 11.6 Å². The summed E-state index contributed by atoms with van der Waals surface area (Å²) in [7, 11) is 1.64. The first-order valence-electron chi connectivity index (χ1n) is 5.92. The Labute approximate surface area is 115 Å². The van der Waals surface area contributed by atoms with Crippen LogP contribution in [0.3, 0.4) is 0 Å². The van der Waals surface area contributed by atoms with E-state index in [1.54, 1.807) is 19.6 Å². The van der Waals surface area contributed by atoms with Crippen molar-refractivity contribution in [2.75, 3.05) is 7.11 Å². The molecule has 0 amide bonds. The molecule has 0 unspecified atom stereocenters. The number of alkyl halides is 1. The van der Waals surface area contributed by atoms with Gasteiger partial charge in [-0.3, -0.25) is 0 Å².